The molecule has 0 amide bonds. The molecule has 0 aliphatic heterocycles. The molecule has 0 atom stereocenters. The summed E-state index contributed by atoms with van der Waals surface area (Å²) < 4.78 is 5.26. The lowest BCUT2D eigenvalue weighted by Crippen LogP contribution is -2.17. The summed E-state index contributed by atoms with van der Waals surface area (Å²) in [5, 5.41) is 10.6. The van der Waals surface area contributed by atoms with Gasteiger partial charge in [0, 0.05) is 25.2 Å². The Hall–Kier alpha value is -2.40. The van der Waals surface area contributed by atoms with Crippen LogP contribution in [0.5, 0.6) is 5.75 Å². The van der Waals surface area contributed by atoms with Crippen LogP contribution in [0, 0.1) is 17.0 Å². The van der Waals surface area contributed by atoms with Gasteiger partial charge in [-0.3, -0.25) is 15.0 Å². The maximum Gasteiger partial charge on any atom is 0.269 e. The zero-order chi connectivity index (χ0) is 16.1. The fraction of sp³-hybridized carbons (Fsp3) is 0.294. The third-order valence-electron chi connectivity index (χ3n) is 3.51. The van der Waals surface area contributed by atoms with Gasteiger partial charge in [0.15, 0.2) is 0 Å². The molecule has 0 spiro atoms. The van der Waals surface area contributed by atoms with Crippen LogP contribution in [0.1, 0.15) is 16.7 Å². The van der Waals surface area contributed by atoms with Crippen molar-refractivity contribution < 1.29 is 9.66 Å². The van der Waals surface area contributed by atoms with Crippen molar-refractivity contribution in [1.29, 1.82) is 0 Å². The summed E-state index contributed by atoms with van der Waals surface area (Å²) in [6.45, 7) is 3.57. The summed E-state index contributed by atoms with van der Waals surface area (Å²) in [6.07, 6.45) is 0. The van der Waals surface area contributed by atoms with Crippen molar-refractivity contribution in [3.63, 3.8) is 0 Å². The SMILES string of the molecule is COc1ccc(CN(C)Cc2ccc([N+](=O)[O-])cc2)cc1C. The third kappa shape index (κ3) is 4.05. The molecule has 2 aromatic carbocycles. The van der Waals surface area contributed by atoms with Gasteiger partial charge in [-0.1, -0.05) is 24.3 Å². The minimum absolute atomic E-state index is 0.122. The highest BCUT2D eigenvalue weighted by Crippen LogP contribution is 2.20. The number of nitro benzene ring substituents is 1. The number of benzene rings is 2. The first-order chi connectivity index (χ1) is 10.5. The van der Waals surface area contributed by atoms with Gasteiger partial charge in [-0.15, -0.1) is 0 Å². The van der Waals surface area contributed by atoms with Gasteiger partial charge in [0.25, 0.3) is 5.69 Å². The van der Waals surface area contributed by atoms with Gasteiger partial charge in [0.05, 0.1) is 12.0 Å². The van der Waals surface area contributed by atoms with E-state index in [0.29, 0.717) is 0 Å². The molecule has 2 aromatic rings. The molecule has 0 N–H and O–H groups in total. The predicted octanol–water partition coefficient (Wildman–Crippen LogP) is 3.54. The van der Waals surface area contributed by atoms with E-state index < -0.39 is 0 Å². The maximum atomic E-state index is 10.6. The lowest BCUT2D eigenvalue weighted by Gasteiger charge is -2.17. The van der Waals surface area contributed by atoms with Gasteiger partial charge in [-0.2, -0.15) is 0 Å². The van der Waals surface area contributed by atoms with Gasteiger partial charge in [0.1, 0.15) is 5.75 Å². The summed E-state index contributed by atoms with van der Waals surface area (Å²) in [5.41, 5.74) is 3.50. The van der Waals surface area contributed by atoms with Crippen LogP contribution in [0.3, 0.4) is 0 Å². The molecule has 5 nitrogen and oxygen atoms in total. The number of ether oxygens (including phenoxy) is 1. The molecular weight excluding hydrogens is 280 g/mol. The van der Waals surface area contributed by atoms with E-state index in [4.69, 9.17) is 4.74 Å². The number of hydrogen-bond acceptors (Lipinski definition) is 4. The highest BCUT2D eigenvalue weighted by molar-refractivity contribution is 5.36. The fourth-order valence-electron chi connectivity index (χ4n) is 2.44. The Labute approximate surface area is 130 Å². The predicted molar refractivity (Wildman–Crippen MR) is 86.0 cm³/mol. The molecule has 0 unspecified atom stereocenters. The largest absolute Gasteiger partial charge is 0.496 e. The highest BCUT2D eigenvalue weighted by atomic mass is 16.6. The summed E-state index contributed by atoms with van der Waals surface area (Å²) in [4.78, 5) is 12.4. The average Bonchev–Trinajstić information content (AvgIpc) is 2.48. The van der Waals surface area contributed by atoms with Gasteiger partial charge >= 0.3 is 0 Å². The van der Waals surface area contributed by atoms with E-state index in [-0.39, 0.29) is 10.6 Å². The molecule has 0 saturated carbocycles. The van der Waals surface area contributed by atoms with E-state index in [1.165, 1.54) is 5.56 Å². The topological polar surface area (TPSA) is 55.6 Å². The highest BCUT2D eigenvalue weighted by Gasteiger charge is 2.07. The van der Waals surface area contributed by atoms with E-state index in [9.17, 15) is 10.1 Å². The lowest BCUT2D eigenvalue weighted by atomic mass is 10.1. The van der Waals surface area contributed by atoms with Crippen molar-refractivity contribution in [2.45, 2.75) is 20.0 Å². The molecule has 0 bridgehead atoms. The second-order valence-corrected chi connectivity index (χ2v) is 5.40. The van der Waals surface area contributed by atoms with Crippen molar-refractivity contribution in [3.8, 4) is 5.75 Å². The molecule has 0 aliphatic rings. The van der Waals surface area contributed by atoms with Crippen LogP contribution in [0.2, 0.25) is 0 Å². The molecule has 0 aromatic heterocycles. The number of nitro groups is 1. The van der Waals surface area contributed by atoms with E-state index in [2.05, 4.69) is 17.0 Å². The van der Waals surface area contributed by atoms with Crippen molar-refractivity contribution >= 4 is 5.69 Å². The van der Waals surface area contributed by atoms with Crippen LogP contribution in [0.25, 0.3) is 0 Å². The van der Waals surface area contributed by atoms with Crippen molar-refractivity contribution in [2.24, 2.45) is 0 Å². The summed E-state index contributed by atoms with van der Waals surface area (Å²) in [6, 6.07) is 12.8. The number of hydrogen-bond donors (Lipinski definition) is 0. The Morgan fingerprint density at radius 1 is 1.09 bits per heavy atom. The molecular formula is C17H20N2O3. The second kappa shape index (κ2) is 7.04. The zero-order valence-electron chi connectivity index (χ0n) is 13.1. The van der Waals surface area contributed by atoms with E-state index in [1.54, 1.807) is 31.4 Å². The number of aryl methyl sites for hydroxylation is 1. The molecule has 2 rings (SSSR count). The third-order valence-corrected chi connectivity index (χ3v) is 3.51. The molecule has 0 fully saturated rings. The van der Waals surface area contributed by atoms with Gasteiger partial charge in [-0.25, -0.2) is 0 Å². The van der Waals surface area contributed by atoms with E-state index >= 15 is 0 Å². The minimum atomic E-state index is -0.381. The monoisotopic (exact) mass is 300 g/mol. The minimum Gasteiger partial charge on any atom is -0.496 e. The Morgan fingerprint density at radius 3 is 2.23 bits per heavy atom. The quantitative estimate of drug-likeness (QED) is 0.605. The Kier molecular flexibility index (Phi) is 5.12. The lowest BCUT2D eigenvalue weighted by molar-refractivity contribution is -0.384. The first-order valence-corrected chi connectivity index (χ1v) is 7.05. The summed E-state index contributed by atoms with van der Waals surface area (Å²) in [5.74, 6) is 0.891. The van der Waals surface area contributed by atoms with Crippen LogP contribution in [0.15, 0.2) is 42.5 Å². The van der Waals surface area contributed by atoms with E-state index in [1.807, 2.05) is 20.0 Å². The number of non-ortho nitro benzene ring substituents is 1. The molecule has 0 radical (unpaired) electrons. The van der Waals surface area contributed by atoms with Crippen LogP contribution < -0.4 is 4.74 Å². The van der Waals surface area contributed by atoms with Crippen molar-refractivity contribution in [2.75, 3.05) is 14.2 Å². The number of rotatable bonds is 6. The molecule has 116 valence electrons. The molecule has 0 aliphatic carbocycles. The van der Waals surface area contributed by atoms with Crippen LogP contribution in [-0.2, 0) is 13.1 Å². The maximum absolute atomic E-state index is 10.6. The van der Waals surface area contributed by atoms with Gasteiger partial charge in [0.2, 0.25) is 0 Å². The fourth-order valence-corrected chi connectivity index (χ4v) is 2.44. The van der Waals surface area contributed by atoms with Gasteiger partial charge < -0.3 is 4.74 Å². The number of methoxy groups -OCH3 is 1. The van der Waals surface area contributed by atoms with E-state index in [0.717, 1.165) is 30.0 Å². The summed E-state index contributed by atoms with van der Waals surface area (Å²) >= 11 is 0. The zero-order valence-corrected chi connectivity index (χ0v) is 13.1. The van der Waals surface area contributed by atoms with Crippen LogP contribution >= 0.6 is 0 Å². The first kappa shape index (κ1) is 16.0. The Balaban J connectivity index is 1.99. The van der Waals surface area contributed by atoms with Gasteiger partial charge in [-0.05, 0) is 36.7 Å². The Bertz CT molecular complexity index is 653. The Morgan fingerprint density at radius 2 is 1.68 bits per heavy atom. The van der Waals surface area contributed by atoms with Crippen LogP contribution in [-0.4, -0.2) is 24.0 Å². The summed E-state index contributed by atoms with van der Waals surface area (Å²) in [7, 11) is 3.70. The molecule has 0 saturated heterocycles. The smallest absolute Gasteiger partial charge is 0.269 e. The average molecular weight is 300 g/mol. The molecule has 0 heterocycles. The normalized spacial score (nSPS) is 10.7. The molecule has 22 heavy (non-hydrogen) atoms. The first-order valence-electron chi connectivity index (χ1n) is 7.05. The van der Waals surface area contributed by atoms with Crippen molar-refractivity contribution in [3.05, 3.63) is 69.3 Å². The standard InChI is InChI=1S/C17H20N2O3/c1-13-10-15(6-9-17(13)22-3)12-18(2)11-14-4-7-16(8-5-14)19(20)21/h4-10H,11-12H2,1-3H3. The van der Waals surface area contributed by atoms with Crippen LogP contribution in [0.4, 0.5) is 5.69 Å². The van der Waals surface area contributed by atoms with Crippen molar-refractivity contribution in [1.82, 2.24) is 4.90 Å². The second-order valence-electron chi connectivity index (χ2n) is 5.40. The number of nitrogens with zero attached hydrogens (tertiary/aromatic N) is 2. The molecule has 5 heteroatoms.